The molecule has 0 aliphatic rings. The molecule has 2 N–H and O–H groups in total. The van der Waals surface area contributed by atoms with E-state index in [9.17, 15) is 9.59 Å². The van der Waals surface area contributed by atoms with Crippen LogP contribution >= 0.6 is 11.6 Å². The number of aliphatic hydroxyl groups excluding tert-OH is 1. The van der Waals surface area contributed by atoms with Gasteiger partial charge in [0, 0.05) is 11.6 Å². The summed E-state index contributed by atoms with van der Waals surface area (Å²) in [4.78, 5) is 28.7. The van der Waals surface area contributed by atoms with Crippen LogP contribution in [-0.2, 0) is 17.8 Å². The lowest BCUT2D eigenvalue weighted by atomic mass is 10.1. The summed E-state index contributed by atoms with van der Waals surface area (Å²) in [7, 11) is 0. The zero-order valence-corrected chi connectivity index (χ0v) is 14.0. The van der Waals surface area contributed by atoms with Crippen LogP contribution in [0.5, 0.6) is 0 Å². The van der Waals surface area contributed by atoms with Crippen LogP contribution in [0, 0.1) is 0 Å². The third-order valence-corrected chi connectivity index (χ3v) is 4.05. The Labute approximate surface area is 148 Å². The standard InChI is InChI=1S/C18H16ClN3O3/c19-13-7-5-12(6-8-13)9-10-22-17(25)14-3-1-2-4-15(14)20-18(22)21-16(24)11-23/h1-8,23H,9-11H2,(H,20,21,24). The monoisotopic (exact) mass is 357 g/mol. The summed E-state index contributed by atoms with van der Waals surface area (Å²) in [5.41, 5.74) is 1.25. The molecule has 0 bridgehead atoms. The molecule has 0 radical (unpaired) electrons. The van der Waals surface area contributed by atoms with Gasteiger partial charge in [0.2, 0.25) is 5.95 Å². The van der Waals surface area contributed by atoms with Gasteiger partial charge in [-0.25, -0.2) is 4.98 Å². The number of hydrogen-bond acceptors (Lipinski definition) is 4. The fourth-order valence-electron chi connectivity index (χ4n) is 2.53. The van der Waals surface area contributed by atoms with Gasteiger partial charge in [0.1, 0.15) is 6.61 Å². The van der Waals surface area contributed by atoms with E-state index in [-0.39, 0.29) is 11.5 Å². The fourth-order valence-corrected chi connectivity index (χ4v) is 2.65. The van der Waals surface area contributed by atoms with Gasteiger partial charge >= 0.3 is 0 Å². The molecule has 25 heavy (non-hydrogen) atoms. The average molecular weight is 358 g/mol. The molecule has 1 heterocycles. The van der Waals surface area contributed by atoms with Crippen molar-refractivity contribution in [1.29, 1.82) is 0 Å². The lowest BCUT2D eigenvalue weighted by molar-refractivity contribution is -0.118. The quantitative estimate of drug-likeness (QED) is 0.733. The van der Waals surface area contributed by atoms with Crippen LogP contribution in [0.1, 0.15) is 5.56 Å². The van der Waals surface area contributed by atoms with Crippen LogP contribution < -0.4 is 10.9 Å². The van der Waals surface area contributed by atoms with Crippen molar-refractivity contribution in [2.75, 3.05) is 11.9 Å². The second-order valence-corrected chi connectivity index (χ2v) is 5.93. The van der Waals surface area contributed by atoms with E-state index in [4.69, 9.17) is 16.7 Å². The van der Waals surface area contributed by atoms with E-state index >= 15 is 0 Å². The lowest BCUT2D eigenvalue weighted by Gasteiger charge is -2.14. The molecule has 6 nitrogen and oxygen atoms in total. The van der Waals surface area contributed by atoms with E-state index in [2.05, 4.69) is 10.3 Å². The Bertz CT molecular complexity index is 967. The number of anilines is 1. The van der Waals surface area contributed by atoms with E-state index in [1.54, 1.807) is 36.4 Å². The van der Waals surface area contributed by atoms with Gasteiger partial charge in [0.05, 0.1) is 10.9 Å². The Morgan fingerprint density at radius 1 is 1.16 bits per heavy atom. The van der Waals surface area contributed by atoms with Crippen molar-refractivity contribution in [3.05, 3.63) is 69.5 Å². The van der Waals surface area contributed by atoms with Crippen molar-refractivity contribution in [3.63, 3.8) is 0 Å². The van der Waals surface area contributed by atoms with Crippen LogP contribution in [0.3, 0.4) is 0 Å². The largest absolute Gasteiger partial charge is 0.387 e. The van der Waals surface area contributed by atoms with Crippen molar-refractivity contribution in [3.8, 4) is 0 Å². The van der Waals surface area contributed by atoms with Gasteiger partial charge in [-0.05, 0) is 36.2 Å². The fraction of sp³-hybridized carbons (Fsp3) is 0.167. The molecule has 7 heteroatoms. The summed E-state index contributed by atoms with van der Waals surface area (Å²) in [6.45, 7) is -0.348. The highest BCUT2D eigenvalue weighted by molar-refractivity contribution is 6.30. The third-order valence-electron chi connectivity index (χ3n) is 3.79. The number of hydrogen-bond donors (Lipinski definition) is 2. The van der Waals surface area contributed by atoms with Crippen LogP contribution in [0.15, 0.2) is 53.3 Å². The number of aliphatic hydroxyl groups is 1. The Morgan fingerprint density at radius 2 is 1.88 bits per heavy atom. The third kappa shape index (κ3) is 3.87. The predicted molar refractivity (Wildman–Crippen MR) is 96.9 cm³/mol. The first kappa shape index (κ1) is 17.1. The molecule has 0 saturated heterocycles. The van der Waals surface area contributed by atoms with Gasteiger partial charge in [0.25, 0.3) is 11.5 Å². The van der Waals surface area contributed by atoms with Crippen LogP contribution in [0.25, 0.3) is 10.9 Å². The van der Waals surface area contributed by atoms with Gasteiger partial charge < -0.3 is 5.11 Å². The number of para-hydroxylation sites is 1. The molecule has 0 atom stereocenters. The number of aromatic nitrogens is 2. The highest BCUT2D eigenvalue weighted by Crippen LogP contribution is 2.14. The number of rotatable bonds is 5. The van der Waals surface area contributed by atoms with E-state index in [0.717, 1.165) is 5.56 Å². The highest BCUT2D eigenvalue weighted by atomic mass is 35.5. The minimum absolute atomic E-state index is 0.122. The van der Waals surface area contributed by atoms with Gasteiger partial charge in [-0.15, -0.1) is 0 Å². The molecule has 128 valence electrons. The maximum absolute atomic E-state index is 12.8. The number of fused-ring (bicyclic) bond motifs is 1. The number of benzene rings is 2. The van der Waals surface area contributed by atoms with Gasteiger partial charge in [-0.1, -0.05) is 35.9 Å². The molecular weight excluding hydrogens is 342 g/mol. The van der Waals surface area contributed by atoms with Crippen molar-refractivity contribution in [2.24, 2.45) is 0 Å². The highest BCUT2D eigenvalue weighted by Gasteiger charge is 2.13. The number of aryl methyl sites for hydroxylation is 1. The number of nitrogens with one attached hydrogen (secondary N) is 1. The van der Waals surface area contributed by atoms with Gasteiger partial charge in [-0.2, -0.15) is 0 Å². The van der Waals surface area contributed by atoms with Crippen molar-refractivity contribution >= 4 is 34.4 Å². The number of carbonyl (C=O) groups excluding carboxylic acids is 1. The summed E-state index contributed by atoms with van der Waals surface area (Å²) >= 11 is 5.88. The van der Waals surface area contributed by atoms with Crippen molar-refractivity contribution < 1.29 is 9.90 Å². The first-order valence-electron chi connectivity index (χ1n) is 7.73. The van der Waals surface area contributed by atoms with Crippen LogP contribution in [-0.4, -0.2) is 27.2 Å². The maximum Gasteiger partial charge on any atom is 0.262 e. The second kappa shape index (κ2) is 7.46. The molecule has 3 aromatic rings. The Balaban J connectivity index is 1.99. The van der Waals surface area contributed by atoms with Gasteiger partial charge in [0.15, 0.2) is 0 Å². The van der Waals surface area contributed by atoms with Crippen molar-refractivity contribution in [1.82, 2.24) is 9.55 Å². The Kier molecular flexibility index (Phi) is 5.11. The van der Waals surface area contributed by atoms with Crippen LogP contribution in [0.4, 0.5) is 5.95 Å². The molecule has 0 fully saturated rings. The zero-order chi connectivity index (χ0) is 17.8. The Morgan fingerprint density at radius 3 is 2.60 bits per heavy atom. The molecule has 1 amide bonds. The van der Waals surface area contributed by atoms with E-state index < -0.39 is 12.5 Å². The SMILES string of the molecule is O=C(CO)Nc1nc2ccccc2c(=O)n1CCc1ccc(Cl)cc1. The average Bonchev–Trinajstić information content (AvgIpc) is 2.63. The lowest BCUT2D eigenvalue weighted by Crippen LogP contribution is -2.29. The first-order chi connectivity index (χ1) is 12.1. The second-order valence-electron chi connectivity index (χ2n) is 5.49. The van der Waals surface area contributed by atoms with E-state index in [0.29, 0.717) is 28.9 Å². The molecule has 0 aliphatic heterocycles. The minimum atomic E-state index is -0.681. The number of amides is 1. The molecule has 2 aromatic carbocycles. The molecule has 0 spiro atoms. The Hall–Kier alpha value is -2.70. The smallest absolute Gasteiger partial charge is 0.262 e. The summed E-state index contributed by atoms with van der Waals surface area (Å²) in [5, 5.41) is 12.6. The summed E-state index contributed by atoms with van der Waals surface area (Å²) in [5.74, 6) is -0.501. The molecule has 0 aliphatic carbocycles. The summed E-state index contributed by atoms with van der Waals surface area (Å²) in [6.07, 6.45) is 0.569. The van der Waals surface area contributed by atoms with E-state index in [1.807, 2.05) is 12.1 Å². The predicted octanol–water partition coefficient (Wildman–Crippen LogP) is 2.22. The van der Waals surface area contributed by atoms with Crippen LogP contribution in [0.2, 0.25) is 5.02 Å². The first-order valence-corrected chi connectivity index (χ1v) is 8.11. The zero-order valence-electron chi connectivity index (χ0n) is 13.3. The number of halogens is 1. The summed E-state index contributed by atoms with van der Waals surface area (Å²) < 4.78 is 1.41. The number of carbonyl (C=O) groups is 1. The van der Waals surface area contributed by atoms with E-state index in [1.165, 1.54) is 4.57 Å². The number of nitrogens with zero attached hydrogens (tertiary/aromatic N) is 2. The molecule has 0 unspecified atom stereocenters. The molecular formula is C18H16ClN3O3. The maximum atomic E-state index is 12.8. The molecule has 3 rings (SSSR count). The minimum Gasteiger partial charge on any atom is -0.387 e. The molecule has 0 saturated carbocycles. The van der Waals surface area contributed by atoms with Crippen molar-refractivity contribution in [2.45, 2.75) is 13.0 Å². The van der Waals surface area contributed by atoms with Gasteiger partial charge in [-0.3, -0.25) is 19.5 Å². The topological polar surface area (TPSA) is 84.2 Å². The summed E-state index contributed by atoms with van der Waals surface area (Å²) in [6, 6.07) is 14.3. The normalized spacial score (nSPS) is 10.8. The molecule has 1 aromatic heterocycles.